The normalized spacial score (nSPS) is 19.7. The summed E-state index contributed by atoms with van der Waals surface area (Å²) in [5.74, 6) is 0.00915. The van der Waals surface area contributed by atoms with E-state index in [1.807, 2.05) is 13.8 Å². The van der Waals surface area contributed by atoms with E-state index in [4.69, 9.17) is 11.6 Å². The maximum absolute atomic E-state index is 12.9. The van der Waals surface area contributed by atoms with E-state index in [0.29, 0.717) is 23.2 Å². The Hall–Kier alpha value is -2.71. The number of aryl methyl sites for hydroxylation is 2. The number of nitrogens with zero attached hydrogens (tertiary/aromatic N) is 5. The number of carbonyl (C=O) groups excluding carboxylic acids is 2. The highest BCUT2D eigenvalue weighted by atomic mass is 35.5. The third-order valence-corrected chi connectivity index (χ3v) is 6.18. The van der Waals surface area contributed by atoms with Gasteiger partial charge in [-0.2, -0.15) is 0 Å². The minimum Gasteiger partial charge on any atom is -0.338 e. The topological polar surface area (TPSA) is 81.7 Å². The molecule has 1 aromatic heterocycles. The van der Waals surface area contributed by atoms with Gasteiger partial charge in [0.25, 0.3) is 0 Å². The van der Waals surface area contributed by atoms with Gasteiger partial charge in [-0.3, -0.25) is 9.59 Å². The fourth-order valence-corrected chi connectivity index (χ4v) is 4.13. The predicted octanol–water partition coefficient (Wildman–Crippen LogP) is 2.49. The van der Waals surface area contributed by atoms with Crippen molar-refractivity contribution in [2.75, 3.05) is 54.9 Å². The van der Waals surface area contributed by atoms with Crippen LogP contribution in [0.25, 0.3) is 0 Å². The lowest BCUT2D eigenvalue weighted by Crippen LogP contribution is -2.45. The van der Waals surface area contributed by atoms with E-state index in [1.165, 1.54) is 0 Å². The molecule has 2 saturated heterocycles. The van der Waals surface area contributed by atoms with Crippen molar-refractivity contribution in [3.05, 3.63) is 40.7 Å². The Balaban J connectivity index is 1.45. The number of nitrogens with one attached hydrogen (secondary N) is 1. The molecule has 0 aliphatic carbocycles. The minimum atomic E-state index is -0.431. The molecule has 9 heteroatoms. The molecule has 164 valence electrons. The van der Waals surface area contributed by atoms with Crippen LogP contribution in [0.2, 0.25) is 5.02 Å². The number of halogens is 1. The Morgan fingerprint density at radius 3 is 2.29 bits per heavy atom. The molecule has 0 bridgehead atoms. The molecule has 8 nitrogen and oxygen atoms in total. The van der Waals surface area contributed by atoms with Crippen LogP contribution in [-0.4, -0.2) is 66.5 Å². The first-order valence-corrected chi connectivity index (χ1v) is 10.8. The van der Waals surface area contributed by atoms with Gasteiger partial charge in [0, 0.05) is 49.9 Å². The van der Waals surface area contributed by atoms with E-state index >= 15 is 0 Å². The van der Waals surface area contributed by atoms with Crippen LogP contribution in [0, 0.1) is 19.8 Å². The van der Waals surface area contributed by atoms with Crippen molar-refractivity contribution in [1.29, 1.82) is 0 Å². The summed E-state index contributed by atoms with van der Waals surface area (Å²) in [6.07, 6.45) is 0.173. The maximum Gasteiger partial charge on any atom is 0.229 e. The van der Waals surface area contributed by atoms with Crippen LogP contribution < -0.4 is 15.1 Å². The Bertz CT molecular complexity index is 965. The first kappa shape index (κ1) is 21.5. The molecular weight excluding hydrogens is 416 g/mol. The monoisotopic (exact) mass is 442 g/mol. The molecule has 1 unspecified atom stereocenters. The fourth-order valence-electron chi connectivity index (χ4n) is 4.01. The molecule has 0 saturated carbocycles. The van der Waals surface area contributed by atoms with Crippen LogP contribution in [0.1, 0.15) is 17.8 Å². The third-order valence-electron chi connectivity index (χ3n) is 5.93. The summed E-state index contributed by atoms with van der Waals surface area (Å²) in [6, 6.07) is 7.06. The lowest BCUT2D eigenvalue weighted by Gasteiger charge is -2.32. The van der Waals surface area contributed by atoms with Gasteiger partial charge in [-0.15, -0.1) is 0 Å². The molecule has 1 N–H and O–H groups in total. The second kappa shape index (κ2) is 8.80. The molecule has 1 atom stereocenters. The number of benzene rings is 1. The molecule has 2 aliphatic rings. The largest absolute Gasteiger partial charge is 0.338 e. The van der Waals surface area contributed by atoms with Gasteiger partial charge in [0.1, 0.15) is 0 Å². The van der Waals surface area contributed by atoms with Gasteiger partial charge < -0.3 is 20.0 Å². The number of hydrogen-bond donors (Lipinski definition) is 1. The van der Waals surface area contributed by atoms with E-state index in [-0.39, 0.29) is 18.2 Å². The van der Waals surface area contributed by atoms with Crippen LogP contribution in [0.5, 0.6) is 0 Å². The summed E-state index contributed by atoms with van der Waals surface area (Å²) >= 11 is 5.94. The number of carbonyl (C=O) groups is 2. The Kier molecular flexibility index (Phi) is 6.11. The van der Waals surface area contributed by atoms with Crippen molar-refractivity contribution in [2.45, 2.75) is 20.3 Å². The average Bonchev–Trinajstić information content (AvgIpc) is 3.13. The summed E-state index contributed by atoms with van der Waals surface area (Å²) in [5.41, 5.74) is 2.83. The highest BCUT2D eigenvalue weighted by Gasteiger charge is 2.35. The molecule has 2 fully saturated rings. The van der Waals surface area contributed by atoms with E-state index < -0.39 is 5.92 Å². The summed E-state index contributed by atoms with van der Waals surface area (Å²) in [4.78, 5) is 40.8. The predicted molar refractivity (Wildman–Crippen MR) is 122 cm³/mol. The summed E-state index contributed by atoms with van der Waals surface area (Å²) in [6.45, 7) is 7.80. The molecule has 0 spiro atoms. The molecule has 4 rings (SSSR count). The maximum atomic E-state index is 12.9. The first-order valence-electron chi connectivity index (χ1n) is 10.5. The minimum absolute atomic E-state index is 0.0717. The van der Waals surface area contributed by atoms with Gasteiger partial charge >= 0.3 is 0 Å². The third kappa shape index (κ3) is 4.65. The zero-order valence-corrected chi connectivity index (χ0v) is 18.8. The fraction of sp³-hybridized carbons (Fsp3) is 0.455. The Morgan fingerprint density at radius 2 is 1.68 bits per heavy atom. The quantitative estimate of drug-likeness (QED) is 0.783. The van der Waals surface area contributed by atoms with Gasteiger partial charge in [-0.05, 0) is 45.2 Å². The van der Waals surface area contributed by atoms with E-state index in [1.54, 1.807) is 29.2 Å². The highest BCUT2D eigenvalue weighted by molar-refractivity contribution is 6.30. The number of rotatable bonds is 4. The van der Waals surface area contributed by atoms with Gasteiger partial charge in [0.05, 0.1) is 23.0 Å². The second-order valence-corrected chi connectivity index (χ2v) is 8.67. The zero-order chi connectivity index (χ0) is 22.1. The van der Waals surface area contributed by atoms with Crippen LogP contribution in [-0.2, 0) is 9.59 Å². The van der Waals surface area contributed by atoms with Crippen LogP contribution in [0.4, 0.5) is 17.3 Å². The van der Waals surface area contributed by atoms with Crippen LogP contribution in [0.3, 0.4) is 0 Å². The molecular formula is C22H27ClN6O2. The molecule has 2 aromatic rings. The molecule has 0 radical (unpaired) electrons. The zero-order valence-electron chi connectivity index (χ0n) is 18.1. The van der Waals surface area contributed by atoms with Gasteiger partial charge in [-0.25, -0.2) is 9.97 Å². The standard InChI is InChI=1S/C22H27ClN6O2/c1-14-20(15(2)25-22(24-14)28-10-8-27(3)9-11-28)26-21(31)16-12-19(30)29(13-16)18-6-4-17(23)5-7-18/h4-7,16H,8-13H2,1-3H3,(H,26,31). The molecule has 1 aromatic carbocycles. The lowest BCUT2D eigenvalue weighted by molar-refractivity contribution is -0.122. The van der Waals surface area contributed by atoms with Crippen molar-refractivity contribution in [3.63, 3.8) is 0 Å². The molecule has 2 amide bonds. The number of hydrogen-bond acceptors (Lipinski definition) is 6. The van der Waals surface area contributed by atoms with Gasteiger partial charge in [0.2, 0.25) is 17.8 Å². The van der Waals surface area contributed by atoms with Crippen molar-refractivity contribution in [1.82, 2.24) is 14.9 Å². The number of amides is 2. The highest BCUT2D eigenvalue weighted by Crippen LogP contribution is 2.28. The van der Waals surface area contributed by atoms with E-state index in [9.17, 15) is 9.59 Å². The summed E-state index contributed by atoms with van der Waals surface area (Å²) < 4.78 is 0. The van der Waals surface area contributed by atoms with E-state index in [2.05, 4.69) is 32.1 Å². The lowest BCUT2D eigenvalue weighted by atomic mass is 10.1. The Morgan fingerprint density at radius 1 is 1.06 bits per heavy atom. The summed E-state index contributed by atoms with van der Waals surface area (Å²) in [7, 11) is 2.11. The van der Waals surface area contributed by atoms with E-state index in [0.717, 1.165) is 43.3 Å². The van der Waals surface area contributed by atoms with Gasteiger partial charge in [0.15, 0.2) is 0 Å². The van der Waals surface area contributed by atoms with Gasteiger partial charge in [-0.1, -0.05) is 11.6 Å². The Labute approximate surface area is 187 Å². The molecule has 2 aliphatic heterocycles. The van der Waals surface area contributed by atoms with Crippen molar-refractivity contribution in [2.24, 2.45) is 5.92 Å². The second-order valence-electron chi connectivity index (χ2n) is 8.23. The number of anilines is 3. The number of piperazine rings is 1. The first-order chi connectivity index (χ1) is 14.8. The average molecular weight is 443 g/mol. The molecule has 31 heavy (non-hydrogen) atoms. The molecule has 3 heterocycles. The number of likely N-dealkylation sites (N-methyl/N-ethyl adjacent to an activating group) is 1. The smallest absolute Gasteiger partial charge is 0.229 e. The van der Waals surface area contributed by atoms with Crippen LogP contribution in [0.15, 0.2) is 24.3 Å². The van der Waals surface area contributed by atoms with Crippen molar-refractivity contribution >= 4 is 40.7 Å². The SMILES string of the molecule is Cc1nc(N2CCN(C)CC2)nc(C)c1NC(=O)C1CC(=O)N(c2ccc(Cl)cc2)C1. The number of aromatic nitrogens is 2. The van der Waals surface area contributed by atoms with Crippen molar-refractivity contribution < 1.29 is 9.59 Å². The van der Waals surface area contributed by atoms with Crippen LogP contribution >= 0.6 is 11.6 Å². The van der Waals surface area contributed by atoms with Crippen molar-refractivity contribution in [3.8, 4) is 0 Å². The summed E-state index contributed by atoms with van der Waals surface area (Å²) in [5, 5.41) is 3.58.